The van der Waals surface area contributed by atoms with Crippen LogP contribution in [0.15, 0.2) is 176 Å². The summed E-state index contributed by atoms with van der Waals surface area (Å²) < 4.78 is 0. The molecule has 0 spiro atoms. The SMILES string of the molecule is c1ccc(-c2cccc(-c3nc(-c4ccccc4)nc(-c4cc5ccccc5cc4-c4ccc5c(ccc6ccccc65)c4)n3)c2)cc1. The monoisotopic (exact) mass is 611 g/mol. The molecule has 1 aromatic heterocycles. The highest BCUT2D eigenvalue weighted by atomic mass is 15.0. The second-order valence-electron chi connectivity index (χ2n) is 12.1. The molecule has 3 heteroatoms. The lowest BCUT2D eigenvalue weighted by molar-refractivity contribution is 1.07. The molecule has 0 saturated heterocycles. The van der Waals surface area contributed by atoms with E-state index in [0.717, 1.165) is 44.3 Å². The van der Waals surface area contributed by atoms with Crippen molar-refractivity contribution in [2.75, 3.05) is 0 Å². The van der Waals surface area contributed by atoms with Crippen LogP contribution < -0.4 is 0 Å². The lowest BCUT2D eigenvalue weighted by atomic mass is 9.92. The molecule has 0 atom stereocenters. The van der Waals surface area contributed by atoms with Gasteiger partial charge in [-0.05, 0) is 78.8 Å². The molecule has 1 heterocycles. The van der Waals surface area contributed by atoms with E-state index >= 15 is 0 Å². The van der Waals surface area contributed by atoms with Gasteiger partial charge in [-0.25, -0.2) is 15.0 Å². The molecule has 3 nitrogen and oxygen atoms in total. The standard InChI is InChI=1S/C45H29N3/c1-3-12-30(13-4-1)33-19-11-20-38(26-33)44-46-43(32-15-5-2-6-16-32)47-45(48-44)42-29-35-18-8-7-17-34(35)28-41(42)37-24-25-40-36(27-37)23-22-31-14-9-10-21-39(31)40/h1-29H. The molecule has 8 aromatic carbocycles. The summed E-state index contributed by atoms with van der Waals surface area (Å²) in [5, 5.41) is 7.25. The van der Waals surface area contributed by atoms with Crippen molar-refractivity contribution in [2.45, 2.75) is 0 Å². The number of hydrogen-bond acceptors (Lipinski definition) is 3. The largest absolute Gasteiger partial charge is 0.208 e. The lowest BCUT2D eigenvalue weighted by Gasteiger charge is -2.15. The maximum absolute atomic E-state index is 5.21. The van der Waals surface area contributed by atoms with Crippen LogP contribution in [0.25, 0.3) is 88.7 Å². The Morgan fingerprint density at radius 3 is 1.56 bits per heavy atom. The van der Waals surface area contributed by atoms with E-state index < -0.39 is 0 Å². The Kier molecular flexibility index (Phi) is 6.80. The molecule has 0 aliphatic heterocycles. The maximum Gasteiger partial charge on any atom is 0.164 e. The summed E-state index contributed by atoms with van der Waals surface area (Å²) in [4.78, 5) is 15.4. The van der Waals surface area contributed by atoms with Crippen LogP contribution in [0, 0.1) is 0 Å². The number of fused-ring (bicyclic) bond motifs is 4. The fourth-order valence-corrected chi connectivity index (χ4v) is 6.66. The van der Waals surface area contributed by atoms with Gasteiger partial charge in [0, 0.05) is 16.7 Å². The molecule has 0 bridgehead atoms. The van der Waals surface area contributed by atoms with Crippen LogP contribution in [-0.4, -0.2) is 15.0 Å². The Hall–Kier alpha value is -6.45. The average molecular weight is 612 g/mol. The second kappa shape index (κ2) is 11.7. The number of rotatable bonds is 5. The van der Waals surface area contributed by atoms with Crippen molar-refractivity contribution in [3.8, 4) is 56.4 Å². The van der Waals surface area contributed by atoms with Crippen LogP contribution in [0.1, 0.15) is 0 Å². The topological polar surface area (TPSA) is 38.7 Å². The second-order valence-corrected chi connectivity index (χ2v) is 12.1. The predicted octanol–water partition coefficient (Wildman–Crippen LogP) is 11.7. The fraction of sp³-hybridized carbons (Fsp3) is 0. The molecule has 0 aliphatic rings. The van der Waals surface area contributed by atoms with Crippen LogP contribution in [0.2, 0.25) is 0 Å². The zero-order valence-corrected chi connectivity index (χ0v) is 26.1. The van der Waals surface area contributed by atoms with E-state index in [0.29, 0.717) is 17.5 Å². The minimum Gasteiger partial charge on any atom is -0.208 e. The maximum atomic E-state index is 5.21. The molecule has 224 valence electrons. The normalized spacial score (nSPS) is 11.3. The van der Waals surface area contributed by atoms with Crippen LogP contribution in [-0.2, 0) is 0 Å². The molecule has 0 aliphatic carbocycles. The summed E-state index contributed by atoms with van der Waals surface area (Å²) in [6.07, 6.45) is 0. The van der Waals surface area contributed by atoms with Crippen molar-refractivity contribution >= 4 is 32.3 Å². The third-order valence-electron chi connectivity index (χ3n) is 9.08. The number of aromatic nitrogens is 3. The Morgan fingerprint density at radius 2 is 0.792 bits per heavy atom. The molecule has 9 rings (SSSR count). The highest BCUT2D eigenvalue weighted by Gasteiger charge is 2.18. The molecule has 9 aromatic rings. The summed E-state index contributed by atoms with van der Waals surface area (Å²) in [6, 6.07) is 61.8. The van der Waals surface area contributed by atoms with Gasteiger partial charge >= 0.3 is 0 Å². The molecule has 0 unspecified atom stereocenters. The van der Waals surface area contributed by atoms with Gasteiger partial charge in [0.15, 0.2) is 17.5 Å². The van der Waals surface area contributed by atoms with Crippen LogP contribution >= 0.6 is 0 Å². The Bertz CT molecular complexity index is 2610. The third kappa shape index (κ3) is 5.08. The summed E-state index contributed by atoms with van der Waals surface area (Å²) in [7, 11) is 0. The summed E-state index contributed by atoms with van der Waals surface area (Å²) >= 11 is 0. The third-order valence-corrected chi connectivity index (χ3v) is 9.08. The van der Waals surface area contributed by atoms with Crippen molar-refractivity contribution < 1.29 is 0 Å². The zero-order valence-electron chi connectivity index (χ0n) is 26.1. The number of benzene rings is 8. The zero-order chi connectivity index (χ0) is 31.9. The number of nitrogens with zero attached hydrogens (tertiary/aromatic N) is 3. The van der Waals surface area contributed by atoms with Crippen molar-refractivity contribution in [3.05, 3.63) is 176 Å². The first-order valence-electron chi connectivity index (χ1n) is 16.2. The molecule has 0 fully saturated rings. The van der Waals surface area contributed by atoms with Gasteiger partial charge in [0.05, 0.1) is 0 Å². The molecule has 0 amide bonds. The van der Waals surface area contributed by atoms with Gasteiger partial charge < -0.3 is 0 Å². The summed E-state index contributed by atoms with van der Waals surface area (Å²) in [5.41, 5.74) is 7.32. The molecular formula is C45H29N3. The van der Waals surface area contributed by atoms with Gasteiger partial charge in [0.25, 0.3) is 0 Å². The van der Waals surface area contributed by atoms with E-state index in [9.17, 15) is 0 Å². The van der Waals surface area contributed by atoms with E-state index in [1.807, 2.05) is 24.3 Å². The minimum atomic E-state index is 0.640. The molecule has 0 radical (unpaired) electrons. The quantitative estimate of drug-likeness (QED) is 0.182. The molecule has 48 heavy (non-hydrogen) atoms. The molecular weight excluding hydrogens is 583 g/mol. The van der Waals surface area contributed by atoms with E-state index in [1.54, 1.807) is 0 Å². The van der Waals surface area contributed by atoms with Crippen molar-refractivity contribution in [1.82, 2.24) is 15.0 Å². The van der Waals surface area contributed by atoms with Crippen LogP contribution in [0.4, 0.5) is 0 Å². The van der Waals surface area contributed by atoms with Crippen molar-refractivity contribution in [2.24, 2.45) is 0 Å². The highest BCUT2D eigenvalue weighted by Crippen LogP contribution is 2.38. The molecule has 0 saturated carbocycles. The van der Waals surface area contributed by atoms with Crippen LogP contribution in [0.3, 0.4) is 0 Å². The smallest absolute Gasteiger partial charge is 0.164 e. The van der Waals surface area contributed by atoms with E-state index in [-0.39, 0.29) is 0 Å². The van der Waals surface area contributed by atoms with Crippen molar-refractivity contribution in [3.63, 3.8) is 0 Å². The van der Waals surface area contributed by atoms with Gasteiger partial charge in [-0.3, -0.25) is 0 Å². The predicted molar refractivity (Wildman–Crippen MR) is 200 cm³/mol. The summed E-state index contributed by atoms with van der Waals surface area (Å²) in [5.74, 6) is 1.92. The van der Waals surface area contributed by atoms with Gasteiger partial charge in [-0.2, -0.15) is 0 Å². The van der Waals surface area contributed by atoms with E-state index in [2.05, 4.69) is 152 Å². The van der Waals surface area contributed by atoms with Gasteiger partial charge in [-0.15, -0.1) is 0 Å². The number of hydrogen-bond donors (Lipinski definition) is 0. The average Bonchev–Trinajstić information content (AvgIpc) is 3.17. The van der Waals surface area contributed by atoms with Crippen molar-refractivity contribution in [1.29, 1.82) is 0 Å². The molecule has 0 N–H and O–H groups in total. The first-order chi connectivity index (χ1) is 23.8. The summed E-state index contributed by atoms with van der Waals surface area (Å²) in [6.45, 7) is 0. The van der Waals surface area contributed by atoms with Crippen LogP contribution in [0.5, 0.6) is 0 Å². The van der Waals surface area contributed by atoms with E-state index in [1.165, 1.54) is 26.9 Å². The van der Waals surface area contributed by atoms with Gasteiger partial charge in [-0.1, -0.05) is 152 Å². The Balaban J connectivity index is 1.27. The van der Waals surface area contributed by atoms with Gasteiger partial charge in [0.1, 0.15) is 0 Å². The fourth-order valence-electron chi connectivity index (χ4n) is 6.66. The first kappa shape index (κ1) is 27.8. The van der Waals surface area contributed by atoms with Gasteiger partial charge in [0.2, 0.25) is 0 Å². The van der Waals surface area contributed by atoms with E-state index in [4.69, 9.17) is 15.0 Å². The lowest BCUT2D eigenvalue weighted by Crippen LogP contribution is -2.01. The first-order valence-corrected chi connectivity index (χ1v) is 16.2. The Morgan fingerprint density at radius 1 is 0.250 bits per heavy atom. The minimum absolute atomic E-state index is 0.640. The highest BCUT2D eigenvalue weighted by molar-refractivity contribution is 6.09. The Labute approximate surface area is 278 Å².